The first kappa shape index (κ1) is 23.6. The third-order valence-electron chi connectivity index (χ3n) is 4.61. The predicted molar refractivity (Wildman–Crippen MR) is 128 cm³/mol. The van der Waals surface area contributed by atoms with Crippen molar-refractivity contribution in [3.63, 3.8) is 0 Å². The van der Waals surface area contributed by atoms with Crippen LogP contribution in [0.1, 0.15) is 11.1 Å². The number of amides is 1. The van der Waals surface area contributed by atoms with Gasteiger partial charge in [-0.3, -0.25) is 9.52 Å². The minimum Gasteiger partial charge on any atom is -0.497 e. The maximum absolute atomic E-state index is 12.6. The van der Waals surface area contributed by atoms with E-state index in [1.807, 2.05) is 26.0 Å². The van der Waals surface area contributed by atoms with Crippen molar-refractivity contribution in [2.24, 2.45) is 0 Å². The summed E-state index contributed by atoms with van der Waals surface area (Å²) in [6.07, 6.45) is 0. The third kappa shape index (κ3) is 6.02. The van der Waals surface area contributed by atoms with Crippen molar-refractivity contribution in [3.05, 3.63) is 76.3 Å². The van der Waals surface area contributed by atoms with Crippen molar-refractivity contribution in [2.45, 2.75) is 18.7 Å². The lowest BCUT2D eigenvalue weighted by molar-refractivity contribution is -0.118. The van der Waals surface area contributed by atoms with Gasteiger partial charge < -0.3 is 14.8 Å². The van der Waals surface area contributed by atoms with E-state index in [1.165, 1.54) is 31.4 Å². The molecule has 0 aliphatic carbocycles. The lowest BCUT2D eigenvalue weighted by atomic mass is 10.1. The van der Waals surface area contributed by atoms with Crippen LogP contribution in [-0.2, 0) is 14.8 Å². The summed E-state index contributed by atoms with van der Waals surface area (Å²) in [5.74, 6) is 0.702. The zero-order valence-corrected chi connectivity index (χ0v) is 20.2. The Morgan fingerprint density at radius 1 is 0.938 bits per heavy atom. The molecule has 9 heteroatoms. The van der Waals surface area contributed by atoms with Gasteiger partial charge >= 0.3 is 0 Å². The van der Waals surface area contributed by atoms with E-state index in [0.29, 0.717) is 17.2 Å². The van der Waals surface area contributed by atoms with Crippen LogP contribution in [-0.4, -0.2) is 28.0 Å². The second kappa shape index (κ2) is 10.1. The van der Waals surface area contributed by atoms with Gasteiger partial charge in [-0.15, -0.1) is 0 Å². The standard InChI is InChI=1S/C23H23BrN2O5S/c1-15-12-17(24)13-16(2)23(15)25-22(27)14-31-20-8-10-21(11-9-20)32(28,29)26-18-4-6-19(30-3)7-5-18/h4-13,26H,14H2,1-3H3,(H,25,27). The molecule has 0 aliphatic rings. The van der Waals surface area contributed by atoms with Gasteiger partial charge in [0, 0.05) is 15.8 Å². The molecule has 0 aromatic heterocycles. The highest BCUT2D eigenvalue weighted by Crippen LogP contribution is 2.25. The fraction of sp³-hybridized carbons (Fsp3) is 0.174. The summed E-state index contributed by atoms with van der Waals surface area (Å²) in [7, 11) is -2.23. The van der Waals surface area contributed by atoms with E-state index >= 15 is 0 Å². The van der Waals surface area contributed by atoms with Crippen LogP contribution in [0.4, 0.5) is 11.4 Å². The Kier molecular flexibility index (Phi) is 7.42. The van der Waals surface area contributed by atoms with E-state index in [-0.39, 0.29) is 17.4 Å². The highest BCUT2D eigenvalue weighted by molar-refractivity contribution is 9.10. The number of rotatable bonds is 8. The molecule has 3 aromatic rings. The lowest BCUT2D eigenvalue weighted by Crippen LogP contribution is -2.21. The molecule has 1 amide bonds. The van der Waals surface area contributed by atoms with Crippen molar-refractivity contribution < 1.29 is 22.7 Å². The molecule has 0 atom stereocenters. The van der Waals surface area contributed by atoms with Gasteiger partial charge in [-0.05, 0) is 85.6 Å². The number of benzene rings is 3. The van der Waals surface area contributed by atoms with E-state index in [1.54, 1.807) is 24.3 Å². The molecule has 0 spiro atoms. The van der Waals surface area contributed by atoms with Crippen molar-refractivity contribution in [1.29, 1.82) is 0 Å². The number of ether oxygens (including phenoxy) is 2. The van der Waals surface area contributed by atoms with Gasteiger partial charge in [-0.2, -0.15) is 0 Å². The summed E-state index contributed by atoms with van der Waals surface area (Å²) in [4.78, 5) is 12.4. The number of methoxy groups -OCH3 is 1. The van der Waals surface area contributed by atoms with E-state index in [4.69, 9.17) is 9.47 Å². The molecule has 0 unspecified atom stereocenters. The van der Waals surface area contributed by atoms with Crippen LogP contribution < -0.4 is 19.5 Å². The highest BCUT2D eigenvalue weighted by Gasteiger charge is 2.15. The van der Waals surface area contributed by atoms with Crippen LogP contribution in [0.2, 0.25) is 0 Å². The Morgan fingerprint density at radius 3 is 2.06 bits per heavy atom. The first-order valence-corrected chi connectivity index (χ1v) is 11.9. The average molecular weight is 519 g/mol. The molecule has 2 N–H and O–H groups in total. The van der Waals surface area contributed by atoms with E-state index in [0.717, 1.165) is 21.3 Å². The van der Waals surface area contributed by atoms with Gasteiger partial charge in [-0.1, -0.05) is 15.9 Å². The van der Waals surface area contributed by atoms with E-state index < -0.39 is 10.0 Å². The molecular formula is C23H23BrN2O5S. The molecule has 0 aliphatic heterocycles. The number of anilines is 2. The molecule has 0 saturated heterocycles. The Hall–Kier alpha value is -3.04. The Morgan fingerprint density at radius 2 is 1.50 bits per heavy atom. The summed E-state index contributed by atoms with van der Waals surface area (Å²) in [5, 5.41) is 2.85. The summed E-state index contributed by atoms with van der Waals surface area (Å²) in [5.41, 5.74) is 3.03. The van der Waals surface area contributed by atoms with Crippen LogP contribution in [0.5, 0.6) is 11.5 Å². The average Bonchev–Trinajstić information content (AvgIpc) is 2.75. The van der Waals surface area contributed by atoms with Gasteiger partial charge in [0.2, 0.25) is 0 Å². The van der Waals surface area contributed by atoms with Crippen LogP contribution in [0, 0.1) is 13.8 Å². The van der Waals surface area contributed by atoms with Crippen LogP contribution in [0.3, 0.4) is 0 Å². The van der Waals surface area contributed by atoms with Gasteiger partial charge in [0.25, 0.3) is 15.9 Å². The first-order chi connectivity index (χ1) is 15.2. The van der Waals surface area contributed by atoms with Crippen molar-refractivity contribution >= 4 is 43.2 Å². The summed E-state index contributed by atoms with van der Waals surface area (Å²) in [6.45, 7) is 3.62. The summed E-state index contributed by atoms with van der Waals surface area (Å²) in [6, 6.07) is 16.2. The topological polar surface area (TPSA) is 93.7 Å². The number of nitrogens with one attached hydrogen (secondary N) is 2. The monoisotopic (exact) mass is 518 g/mol. The van der Waals surface area contributed by atoms with E-state index in [2.05, 4.69) is 26.0 Å². The molecule has 32 heavy (non-hydrogen) atoms. The van der Waals surface area contributed by atoms with Crippen molar-refractivity contribution in [3.8, 4) is 11.5 Å². The highest BCUT2D eigenvalue weighted by atomic mass is 79.9. The van der Waals surface area contributed by atoms with Crippen molar-refractivity contribution in [2.75, 3.05) is 23.8 Å². The molecule has 3 rings (SSSR count). The maximum atomic E-state index is 12.6. The molecule has 168 valence electrons. The van der Waals surface area contributed by atoms with Crippen LogP contribution in [0.15, 0.2) is 70.0 Å². The largest absolute Gasteiger partial charge is 0.497 e. The molecule has 3 aromatic carbocycles. The van der Waals surface area contributed by atoms with Crippen LogP contribution in [0.25, 0.3) is 0 Å². The molecule has 0 heterocycles. The van der Waals surface area contributed by atoms with Gasteiger partial charge in [-0.25, -0.2) is 8.42 Å². The number of sulfonamides is 1. The molecule has 0 fully saturated rings. The number of carbonyl (C=O) groups excluding carboxylic acids is 1. The molecule has 7 nitrogen and oxygen atoms in total. The molecular weight excluding hydrogens is 496 g/mol. The van der Waals surface area contributed by atoms with Gasteiger partial charge in [0.05, 0.1) is 12.0 Å². The van der Waals surface area contributed by atoms with E-state index in [9.17, 15) is 13.2 Å². The second-order valence-electron chi connectivity index (χ2n) is 7.06. The number of aryl methyl sites for hydroxylation is 2. The fourth-order valence-corrected chi connectivity index (χ4v) is 4.77. The summed E-state index contributed by atoms with van der Waals surface area (Å²) < 4.78 is 39.2. The zero-order chi connectivity index (χ0) is 23.3. The van der Waals surface area contributed by atoms with Crippen LogP contribution >= 0.6 is 15.9 Å². The molecule has 0 bridgehead atoms. The smallest absolute Gasteiger partial charge is 0.262 e. The Bertz CT molecular complexity index is 1190. The van der Waals surface area contributed by atoms with Crippen molar-refractivity contribution in [1.82, 2.24) is 0 Å². The minimum absolute atomic E-state index is 0.0752. The zero-order valence-electron chi connectivity index (χ0n) is 17.8. The molecule has 0 radical (unpaired) electrons. The SMILES string of the molecule is COc1ccc(NS(=O)(=O)c2ccc(OCC(=O)Nc3c(C)cc(Br)cc3C)cc2)cc1. The molecule has 0 saturated carbocycles. The Labute approximate surface area is 195 Å². The fourth-order valence-electron chi connectivity index (χ4n) is 3.02. The minimum atomic E-state index is -3.76. The number of carbonyl (C=O) groups is 1. The maximum Gasteiger partial charge on any atom is 0.262 e. The number of hydrogen-bond donors (Lipinski definition) is 2. The Balaban J connectivity index is 1.59. The normalized spacial score (nSPS) is 11.0. The number of halogens is 1. The van der Waals surface area contributed by atoms with Gasteiger partial charge in [0.1, 0.15) is 11.5 Å². The van der Waals surface area contributed by atoms with Gasteiger partial charge in [0.15, 0.2) is 6.61 Å². The second-order valence-corrected chi connectivity index (χ2v) is 9.65. The first-order valence-electron chi connectivity index (χ1n) is 9.64. The third-order valence-corrected chi connectivity index (χ3v) is 6.46. The number of hydrogen-bond acceptors (Lipinski definition) is 5. The predicted octanol–water partition coefficient (Wildman–Crippen LogP) is 4.89. The lowest BCUT2D eigenvalue weighted by Gasteiger charge is -2.13. The quantitative estimate of drug-likeness (QED) is 0.442. The summed E-state index contributed by atoms with van der Waals surface area (Å²) >= 11 is 3.43.